The van der Waals surface area contributed by atoms with E-state index in [2.05, 4.69) is 25.8 Å². The Kier molecular flexibility index (Phi) is 6.66. The van der Waals surface area contributed by atoms with E-state index in [1.807, 2.05) is 48.7 Å². The standard InChI is InChI=1S/C21H20N6O3S2/c1-13-6-4-5-7-17(13)27-21(24-25-26-27)32-12-19(28)23-20-22-16(11-31-20)15-9-8-14(29-2)10-18(15)30-3/h4-11H,12H2,1-3H3,(H,22,23,28). The van der Waals surface area contributed by atoms with Gasteiger partial charge in [0.1, 0.15) is 11.5 Å². The van der Waals surface area contributed by atoms with Crippen molar-refractivity contribution in [2.45, 2.75) is 12.1 Å². The van der Waals surface area contributed by atoms with E-state index in [9.17, 15) is 4.79 Å². The molecule has 0 radical (unpaired) electrons. The Morgan fingerprint density at radius 3 is 2.81 bits per heavy atom. The van der Waals surface area contributed by atoms with Gasteiger partial charge >= 0.3 is 0 Å². The van der Waals surface area contributed by atoms with Gasteiger partial charge in [-0.3, -0.25) is 4.79 Å². The molecule has 1 N–H and O–H groups in total. The SMILES string of the molecule is COc1ccc(-c2csc(NC(=O)CSc3nnnn3-c3ccccc3C)n2)c(OC)c1. The number of ether oxygens (including phenoxy) is 2. The summed E-state index contributed by atoms with van der Waals surface area (Å²) in [4.78, 5) is 17.0. The molecule has 0 saturated heterocycles. The predicted molar refractivity (Wildman–Crippen MR) is 124 cm³/mol. The largest absolute Gasteiger partial charge is 0.497 e. The first-order valence-corrected chi connectivity index (χ1v) is 11.4. The summed E-state index contributed by atoms with van der Waals surface area (Å²) in [5, 5.41) is 17.6. The van der Waals surface area contributed by atoms with Crippen molar-refractivity contribution < 1.29 is 14.3 Å². The van der Waals surface area contributed by atoms with Crippen molar-refractivity contribution in [3.63, 3.8) is 0 Å². The molecule has 0 fully saturated rings. The van der Waals surface area contributed by atoms with E-state index in [-0.39, 0.29) is 11.7 Å². The van der Waals surface area contributed by atoms with Crippen molar-refractivity contribution in [2.75, 3.05) is 25.3 Å². The molecular formula is C21H20N6O3S2. The van der Waals surface area contributed by atoms with E-state index in [0.29, 0.717) is 27.5 Å². The van der Waals surface area contributed by atoms with E-state index in [1.165, 1.54) is 23.1 Å². The summed E-state index contributed by atoms with van der Waals surface area (Å²) in [6.07, 6.45) is 0. The molecule has 2 aromatic heterocycles. The topological polar surface area (TPSA) is 104 Å². The van der Waals surface area contributed by atoms with Gasteiger partial charge in [-0.05, 0) is 41.1 Å². The summed E-state index contributed by atoms with van der Waals surface area (Å²) in [5.41, 5.74) is 3.44. The molecule has 2 heterocycles. The fourth-order valence-corrected chi connectivity index (χ4v) is 4.38. The average molecular weight is 469 g/mol. The van der Waals surface area contributed by atoms with Gasteiger partial charge in [-0.2, -0.15) is 4.68 Å². The molecule has 4 aromatic rings. The van der Waals surface area contributed by atoms with Crippen LogP contribution in [-0.2, 0) is 4.79 Å². The third kappa shape index (κ3) is 4.73. The van der Waals surface area contributed by atoms with E-state index < -0.39 is 0 Å². The van der Waals surface area contributed by atoms with Crippen LogP contribution in [-0.4, -0.2) is 51.1 Å². The number of anilines is 1. The molecule has 0 bridgehead atoms. The molecule has 0 aliphatic carbocycles. The Morgan fingerprint density at radius 1 is 1.19 bits per heavy atom. The second kappa shape index (κ2) is 9.79. The van der Waals surface area contributed by atoms with Gasteiger partial charge in [0.15, 0.2) is 5.13 Å². The normalized spacial score (nSPS) is 10.7. The first-order chi connectivity index (χ1) is 15.6. The number of aromatic nitrogens is 5. The number of carbonyl (C=O) groups is 1. The van der Waals surface area contributed by atoms with Crippen LogP contribution < -0.4 is 14.8 Å². The molecular weight excluding hydrogens is 448 g/mol. The first kappa shape index (κ1) is 21.8. The number of amides is 1. The van der Waals surface area contributed by atoms with Gasteiger partial charge < -0.3 is 14.8 Å². The third-order valence-corrected chi connectivity index (χ3v) is 6.23. The molecule has 0 aliphatic rings. The third-order valence-electron chi connectivity index (χ3n) is 4.55. The maximum Gasteiger partial charge on any atom is 0.236 e. The smallest absolute Gasteiger partial charge is 0.236 e. The average Bonchev–Trinajstić information content (AvgIpc) is 3.47. The predicted octanol–water partition coefficient (Wildman–Crippen LogP) is 3.84. The minimum absolute atomic E-state index is 0.146. The van der Waals surface area contributed by atoms with E-state index in [0.717, 1.165) is 16.8 Å². The summed E-state index contributed by atoms with van der Waals surface area (Å²) in [6, 6.07) is 13.3. The lowest BCUT2D eigenvalue weighted by molar-refractivity contribution is -0.113. The van der Waals surface area contributed by atoms with Crippen LogP contribution >= 0.6 is 23.1 Å². The quantitative estimate of drug-likeness (QED) is 0.389. The van der Waals surface area contributed by atoms with Gasteiger partial charge in [-0.1, -0.05) is 30.0 Å². The van der Waals surface area contributed by atoms with Gasteiger partial charge in [-0.15, -0.1) is 16.4 Å². The highest BCUT2D eigenvalue weighted by Gasteiger charge is 2.15. The van der Waals surface area contributed by atoms with Crippen LogP contribution in [0.3, 0.4) is 0 Å². The van der Waals surface area contributed by atoms with Crippen LogP contribution in [0.15, 0.2) is 53.0 Å². The summed E-state index contributed by atoms with van der Waals surface area (Å²) >= 11 is 2.60. The van der Waals surface area contributed by atoms with Gasteiger partial charge in [0.05, 0.1) is 31.4 Å². The van der Waals surface area contributed by atoms with Crippen molar-refractivity contribution in [2.24, 2.45) is 0 Å². The second-order valence-electron chi connectivity index (χ2n) is 6.60. The summed E-state index contributed by atoms with van der Waals surface area (Å²) in [7, 11) is 3.19. The van der Waals surface area contributed by atoms with Crippen molar-refractivity contribution in [3.8, 4) is 28.4 Å². The second-order valence-corrected chi connectivity index (χ2v) is 8.40. The number of benzene rings is 2. The van der Waals surface area contributed by atoms with Crippen LogP contribution in [0, 0.1) is 6.92 Å². The summed E-state index contributed by atoms with van der Waals surface area (Å²) in [5.74, 6) is 1.29. The molecule has 164 valence electrons. The van der Waals surface area contributed by atoms with Crippen LogP contribution in [0.5, 0.6) is 11.5 Å². The Hall–Kier alpha value is -3.44. The fourth-order valence-electron chi connectivity index (χ4n) is 2.97. The number of rotatable bonds is 8. The molecule has 0 unspecified atom stereocenters. The van der Waals surface area contributed by atoms with Gasteiger partial charge in [0, 0.05) is 17.0 Å². The molecule has 0 atom stereocenters. The highest BCUT2D eigenvalue weighted by atomic mass is 32.2. The molecule has 2 aromatic carbocycles. The number of nitrogens with one attached hydrogen (secondary N) is 1. The number of para-hydroxylation sites is 1. The first-order valence-electron chi connectivity index (χ1n) is 9.54. The number of aryl methyl sites for hydroxylation is 1. The zero-order chi connectivity index (χ0) is 22.5. The highest BCUT2D eigenvalue weighted by molar-refractivity contribution is 7.99. The molecule has 11 heteroatoms. The summed E-state index contributed by atoms with van der Waals surface area (Å²) < 4.78 is 12.3. The molecule has 9 nitrogen and oxygen atoms in total. The number of hydrogen-bond acceptors (Lipinski definition) is 9. The maximum atomic E-state index is 12.5. The number of tetrazole rings is 1. The molecule has 0 spiro atoms. The number of thiazole rings is 1. The highest BCUT2D eigenvalue weighted by Crippen LogP contribution is 2.35. The van der Waals surface area contributed by atoms with Gasteiger partial charge in [0.25, 0.3) is 0 Å². The molecule has 0 aliphatic heterocycles. The van der Waals surface area contributed by atoms with E-state index in [4.69, 9.17) is 9.47 Å². The van der Waals surface area contributed by atoms with Crippen molar-refractivity contribution in [3.05, 3.63) is 53.4 Å². The molecule has 1 amide bonds. The zero-order valence-corrected chi connectivity index (χ0v) is 19.2. The summed E-state index contributed by atoms with van der Waals surface area (Å²) in [6.45, 7) is 1.98. The van der Waals surface area contributed by atoms with Crippen LogP contribution in [0.1, 0.15) is 5.56 Å². The number of carbonyl (C=O) groups excluding carboxylic acids is 1. The Balaban J connectivity index is 1.41. The Labute approximate surface area is 192 Å². The lowest BCUT2D eigenvalue weighted by Crippen LogP contribution is -2.14. The number of hydrogen-bond donors (Lipinski definition) is 1. The Morgan fingerprint density at radius 2 is 2.03 bits per heavy atom. The van der Waals surface area contributed by atoms with E-state index in [1.54, 1.807) is 25.0 Å². The van der Waals surface area contributed by atoms with Crippen molar-refractivity contribution in [1.82, 2.24) is 25.2 Å². The van der Waals surface area contributed by atoms with Crippen LogP contribution in [0.25, 0.3) is 16.9 Å². The zero-order valence-electron chi connectivity index (χ0n) is 17.6. The van der Waals surface area contributed by atoms with Gasteiger partial charge in [-0.25, -0.2) is 4.98 Å². The molecule has 32 heavy (non-hydrogen) atoms. The minimum atomic E-state index is -0.197. The number of methoxy groups -OCH3 is 2. The maximum absolute atomic E-state index is 12.5. The monoisotopic (exact) mass is 468 g/mol. The molecule has 0 saturated carbocycles. The van der Waals surface area contributed by atoms with Crippen molar-refractivity contribution >= 4 is 34.1 Å². The lowest BCUT2D eigenvalue weighted by atomic mass is 10.1. The van der Waals surface area contributed by atoms with E-state index >= 15 is 0 Å². The fraction of sp³-hybridized carbons (Fsp3) is 0.190. The lowest BCUT2D eigenvalue weighted by Gasteiger charge is -2.08. The Bertz CT molecular complexity index is 1240. The molecule has 4 rings (SSSR count). The van der Waals surface area contributed by atoms with Crippen LogP contribution in [0.4, 0.5) is 5.13 Å². The number of nitrogens with zero attached hydrogens (tertiary/aromatic N) is 5. The van der Waals surface area contributed by atoms with Crippen molar-refractivity contribution in [1.29, 1.82) is 0 Å². The minimum Gasteiger partial charge on any atom is -0.497 e. The number of thioether (sulfide) groups is 1. The van der Waals surface area contributed by atoms with Crippen LogP contribution in [0.2, 0.25) is 0 Å². The van der Waals surface area contributed by atoms with Gasteiger partial charge in [0.2, 0.25) is 11.1 Å².